The maximum Gasteiger partial charge on any atom is 0.138 e. The highest BCUT2D eigenvalue weighted by atomic mass is 32.2. The van der Waals surface area contributed by atoms with Gasteiger partial charge in [0.1, 0.15) is 23.8 Å². The van der Waals surface area contributed by atoms with Crippen LogP contribution in [0.2, 0.25) is 0 Å². The summed E-state index contributed by atoms with van der Waals surface area (Å²) in [5.74, 6) is 0.952. The molecule has 0 saturated heterocycles. The summed E-state index contributed by atoms with van der Waals surface area (Å²) in [6, 6.07) is 13.9. The van der Waals surface area contributed by atoms with E-state index >= 15 is 0 Å². The number of halogens is 1. The van der Waals surface area contributed by atoms with Crippen molar-refractivity contribution >= 4 is 11.8 Å². The van der Waals surface area contributed by atoms with E-state index in [0.717, 1.165) is 10.6 Å². The Bertz CT molecular complexity index is 588. The Hall–Kier alpha value is -1.52. The van der Waals surface area contributed by atoms with Crippen LogP contribution in [0, 0.1) is 5.82 Å². The average molecular weight is 276 g/mol. The van der Waals surface area contributed by atoms with E-state index in [1.807, 2.05) is 24.3 Å². The number of benzene rings is 2. The molecule has 1 aliphatic heterocycles. The predicted molar refractivity (Wildman–Crippen MR) is 72.9 cm³/mol. The van der Waals surface area contributed by atoms with Crippen LogP contribution in [-0.2, 0) is 0 Å². The van der Waals surface area contributed by atoms with Gasteiger partial charge in [0.25, 0.3) is 0 Å². The number of hydrogen-bond acceptors (Lipinski definition) is 3. The van der Waals surface area contributed by atoms with E-state index in [1.54, 1.807) is 30.0 Å². The number of ether oxygens (including phenoxy) is 1. The zero-order valence-electron chi connectivity index (χ0n) is 10.1. The van der Waals surface area contributed by atoms with Crippen LogP contribution in [0.4, 0.5) is 4.39 Å². The Balaban J connectivity index is 1.83. The molecule has 2 atom stereocenters. The second kappa shape index (κ2) is 5.23. The van der Waals surface area contributed by atoms with Crippen LogP contribution in [0.1, 0.15) is 11.7 Å². The van der Waals surface area contributed by atoms with Gasteiger partial charge in [-0.1, -0.05) is 30.3 Å². The standard InChI is InChI=1S/C15H13FO2S/c16-11-6-2-1-5-10(11)15(17)13-9-19-14-8-4-3-7-12(14)18-13/h1-8,13,15,17H,9H2. The zero-order chi connectivity index (χ0) is 13.2. The number of aliphatic hydroxyl groups is 1. The lowest BCUT2D eigenvalue weighted by atomic mass is 10.0. The van der Waals surface area contributed by atoms with Gasteiger partial charge in [0.2, 0.25) is 0 Å². The molecule has 3 rings (SSSR count). The van der Waals surface area contributed by atoms with Crippen LogP contribution in [0.15, 0.2) is 53.4 Å². The van der Waals surface area contributed by atoms with Gasteiger partial charge in [-0.3, -0.25) is 0 Å². The van der Waals surface area contributed by atoms with Crippen molar-refractivity contribution in [1.82, 2.24) is 0 Å². The van der Waals surface area contributed by atoms with Gasteiger partial charge in [0, 0.05) is 16.2 Å². The second-order valence-corrected chi connectivity index (χ2v) is 5.44. The third kappa shape index (κ3) is 2.46. The lowest BCUT2D eigenvalue weighted by Crippen LogP contribution is -2.30. The van der Waals surface area contributed by atoms with E-state index in [0.29, 0.717) is 5.75 Å². The molecule has 19 heavy (non-hydrogen) atoms. The van der Waals surface area contributed by atoms with Crippen molar-refractivity contribution in [3.8, 4) is 5.75 Å². The van der Waals surface area contributed by atoms with E-state index in [2.05, 4.69) is 0 Å². The fraction of sp³-hybridized carbons (Fsp3) is 0.200. The minimum absolute atomic E-state index is 0.285. The van der Waals surface area contributed by atoms with E-state index in [1.165, 1.54) is 6.07 Å². The van der Waals surface area contributed by atoms with Gasteiger partial charge in [-0.05, 0) is 18.2 Å². The van der Waals surface area contributed by atoms with Gasteiger partial charge in [-0.15, -0.1) is 11.8 Å². The highest BCUT2D eigenvalue weighted by molar-refractivity contribution is 7.99. The minimum atomic E-state index is -0.956. The number of hydrogen-bond donors (Lipinski definition) is 1. The SMILES string of the molecule is OC(c1ccccc1F)C1CSc2ccccc2O1. The minimum Gasteiger partial charge on any atom is -0.485 e. The van der Waals surface area contributed by atoms with Gasteiger partial charge >= 0.3 is 0 Å². The van der Waals surface area contributed by atoms with Crippen molar-refractivity contribution in [2.24, 2.45) is 0 Å². The molecule has 2 unspecified atom stereocenters. The monoisotopic (exact) mass is 276 g/mol. The number of aliphatic hydroxyl groups excluding tert-OH is 1. The molecule has 98 valence electrons. The Kier molecular flexibility index (Phi) is 3.44. The number of para-hydroxylation sites is 1. The first-order valence-electron chi connectivity index (χ1n) is 6.06. The van der Waals surface area contributed by atoms with Crippen molar-refractivity contribution in [2.45, 2.75) is 17.1 Å². The number of rotatable bonds is 2. The summed E-state index contributed by atoms with van der Waals surface area (Å²) in [5.41, 5.74) is 0.285. The smallest absolute Gasteiger partial charge is 0.138 e. The van der Waals surface area contributed by atoms with Crippen LogP contribution in [0.5, 0.6) is 5.75 Å². The molecule has 4 heteroatoms. The summed E-state index contributed by atoms with van der Waals surface area (Å²) in [6.07, 6.45) is -1.39. The molecule has 0 fully saturated rings. The van der Waals surface area contributed by atoms with Crippen LogP contribution in [-0.4, -0.2) is 17.0 Å². The van der Waals surface area contributed by atoms with Crippen LogP contribution in [0.25, 0.3) is 0 Å². The van der Waals surface area contributed by atoms with Crippen molar-refractivity contribution in [3.63, 3.8) is 0 Å². The van der Waals surface area contributed by atoms with E-state index in [4.69, 9.17) is 4.74 Å². The highest BCUT2D eigenvalue weighted by Crippen LogP contribution is 2.38. The van der Waals surface area contributed by atoms with Crippen LogP contribution in [0.3, 0.4) is 0 Å². The molecule has 1 aliphatic rings. The first-order valence-corrected chi connectivity index (χ1v) is 7.05. The molecule has 2 aromatic rings. The molecule has 0 spiro atoms. The van der Waals surface area contributed by atoms with Crippen molar-refractivity contribution in [3.05, 3.63) is 59.9 Å². The van der Waals surface area contributed by atoms with Crippen LogP contribution < -0.4 is 4.74 Å². The molecule has 1 N–H and O–H groups in total. The zero-order valence-corrected chi connectivity index (χ0v) is 10.9. The average Bonchev–Trinajstić information content (AvgIpc) is 2.46. The molecule has 1 heterocycles. The van der Waals surface area contributed by atoms with Gasteiger partial charge in [-0.25, -0.2) is 4.39 Å². The first-order chi connectivity index (χ1) is 9.25. The number of fused-ring (bicyclic) bond motifs is 1. The molecule has 0 aromatic heterocycles. The Morgan fingerprint density at radius 1 is 1.16 bits per heavy atom. The Labute approximate surface area is 115 Å². The topological polar surface area (TPSA) is 29.5 Å². The lowest BCUT2D eigenvalue weighted by molar-refractivity contribution is 0.0433. The van der Waals surface area contributed by atoms with Crippen molar-refractivity contribution in [2.75, 3.05) is 5.75 Å². The van der Waals surface area contributed by atoms with Gasteiger partial charge in [0.05, 0.1) is 0 Å². The van der Waals surface area contributed by atoms with Gasteiger partial charge < -0.3 is 9.84 Å². The molecular weight excluding hydrogens is 263 g/mol. The molecule has 2 nitrogen and oxygen atoms in total. The van der Waals surface area contributed by atoms with Crippen molar-refractivity contribution < 1.29 is 14.2 Å². The maximum absolute atomic E-state index is 13.7. The molecular formula is C15H13FO2S. The third-order valence-corrected chi connectivity index (χ3v) is 4.25. The summed E-state index contributed by atoms with van der Waals surface area (Å²) < 4.78 is 19.4. The largest absolute Gasteiger partial charge is 0.485 e. The van der Waals surface area contributed by atoms with Crippen LogP contribution >= 0.6 is 11.8 Å². The molecule has 0 saturated carbocycles. The fourth-order valence-electron chi connectivity index (χ4n) is 2.11. The molecule has 0 bridgehead atoms. The summed E-state index contributed by atoms with van der Waals surface area (Å²) in [4.78, 5) is 1.06. The van der Waals surface area contributed by atoms with Crippen molar-refractivity contribution in [1.29, 1.82) is 0 Å². The summed E-state index contributed by atoms with van der Waals surface area (Å²) in [7, 11) is 0. The molecule has 0 aliphatic carbocycles. The Morgan fingerprint density at radius 2 is 1.89 bits per heavy atom. The molecule has 0 radical (unpaired) electrons. The lowest BCUT2D eigenvalue weighted by Gasteiger charge is -2.29. The van der Waals surface area contributed by atoms with E-state index in [-0.39, 0.29) is 5.56 Å². The number of thioether (sulfide) groups is 1. The molecule has 2 aromatic carbocycles. The fourth-order valence-corrected chi connectivity index (χ4v) is 3.13. The quantitative estimate of drug-likeness (QED) is 0.911. The summed E-state index contributed by atoms with van der Waals surface area (Å²) >= 11 is 1.62. The first kappa shape index (κ1) is 12.5. The molecule has 0 amide bonds. The second-order valence-electron chi connectivity index (χ2n) is 4.38. The summed E-state index contributed by atoms with van der Waals surface area (Å²) in [6.45, 7) is 0. The Morgan fingerprint density at radius 3 is 2.74 bits per heavy atom. The van der Waals surface area contributed by atoms with Gasteiger partial charge in [0.15, 0.2) is 0 Å². The normalized spacial score (nSPS) is 19.4. The highest BCUT2D eigenvalue weighted by Gasteiger charge is 2.29. The predicted octanol–water partition coefficient (Wildman–Crippen LogP) is 3.41. The van der Waals surface area contributed by atoms with E-state index < -0.39 is 18.0 Å². The maximum atomic E-state index is 13.7. The van der Waals surface area contributed by atoms with E-state index in [9.17, 15) is 9.50 Å². The van der Waals surface area contributed by atoms with Gasteiger partial charge in [-0.2, -0.15) is 0 Å². The third-order valence-electron chi connectivity index (χ3n) is 3.11. The summed E-state index contributed by atoms with van der Waals surface area (Å²) in [5, 5.41) is 10.3.